The van der Waals surface area contributed by atoms with Gasteiger partial charge < -0.3 is 5.32 Å². The van der Waals surface area contributed by atoms with E-state index in [2.05, 4.69) is 5.32 Å². The Morgan fingerprint density at radius 2 is 1.64 bits per heavy atom. The number of fused-ring (bicyclic) bond motifs is 1. The molecule has 0 aromatic heterocycles. The van der Waals surface area contributed by atoms with Gasteiger partial charge in [-0.1, -0.05) is 12.8 Å². The van der Waals surface area contributed by atoms with Crippen LogP contribution in [0.5, 0.6) is 0 Å². The first-order chi connectivity index (χ1) is 10.7. The highest BCUT2D eigenvalue weighted by atomic mass is 32.2. The smallest absolute Gasteiger partial charge is 0.233 e. The van der Waals surface area contributed by atoms with Crippen LogP contribution in [0.25, 0.3) is 0 Å². The van der Waals surface area contributed by atoms with Crippen LogP contribution in [0, 0.1) is 11.8 Å². The van der Waals surface area contributed by atoms with E-state index in [4.69, 9.17) is 0 Å². The molecular formula is C16H24N2O3S. The summed E-state index contributed by atoms with van der Waals surface area (Å²) in [6.07, 6.45) is 6.00. The number of amides is 3. The zero-order valence-corrected chi connectivity index (χ0v) is 13.7. The van der Waals surface area contributed by atoms with E-state index in [1.807, 2.05) is 11.8 Å². The van der Waals surface area contributed by atoms with Crippen molar-refractivity contribution in [1.29, 1.82) is 0 Å². The third-order valence-electron chi connectivity index (χ3n) is 5.08. The normalized spacial score (nSPS) is 29.5. The maximum atomic E-state index is 12.3. The molecule has 0 aromatic rings. The van der Waals surface area contributed by atoms with Crippen LogP contribution < -0.4 is 5.32 Å². The average Bonchev–Trinajstić information content (AvgIpc) is 2.78. The molecule has 1 N–H and O–H groups in total. The molecule has 0 aromatic carbocycles. The zero-order valence-electron chi connectivity index (χ0n) is 12.9. The largest absolute Gasteiger partial charge is 0.353 e. The van der Waals surface area contributed by atoms with Crippen molar-refractivity contribution in [3.05, 3.63) is 0 Å². The predicted molar refractivity (Wildman–Crippen MR) is 85.3 cm³/mol. The van der Waals surface area contributed by atoms with Crippen molar-refractivity contribution in [1.82, 2.24) is 10.2 Å². The molecule has 22 heavy (non-hydrogen) atoms. The molecule has 2 heterocycles. The van der Waals surface area contributed by atoms with Crippen LogP contribution in [0.2, 0.25) is 0 Å². The van der Waals surface area contributed by atoms with E-state index in [-0.39, 0.29) is 48.6 Å². The van der Waals surface area contributed by atoms with E-state index in [0.717, 1.165) is 50.0 Å². The summed E-state index contributed by atoms with van der Waals surface area (Å²) in [5.41, 5.74) is 0. The molecule has 0 radical (unpaired) electrons. The van der Waals surface area contributed by atoms with Crippen LogP contribution >= 0.6 is 11.8 Å². The van der Waals surface area contributed by atoms with Gasteiger partial charge in [0.15, 0.2) is 0 Å². The molecule has 6 heteroatoms. The van der Waals surface area contributed by atoms with Gasteiger partial charge in [0.2, 0.25) is 17.7 Å². The Bertz CT molecular complexity index is 438. The van der Waals surface area contributed by atoms with Crippen LogP contribution in [0.1, 0.15) is 44.9 Å². The van der Waals surface area contributed by atoms with Crippen molar-refractivity contribution in [2.45, 2.75) is 51.0 Å². The fourth-order valence-electron chi connectivity index (χ4n) is 3.81. The molecule has 2 saturated heterocycles. The molecular weight excluding hydrogens is 300 g/mol. The van der Waals surface area contributed by atoms with E-state index < -0.39 is 0 Å². The van der Waals surface area contributed by atoms with Crippen LogP contribution in [-0.2, 0) is 14.4 Å². The summed E-state index contributed by atoms with van der Waals surface area (Å²) in [7, 11) is 0. The second-order valence-corrected chi connectivity index (χ2v) is 7.75. The molecule has 1 saturated carbocycles. The number of imide groups is 1. The molecule has 2 aliphatic heterocycles. The maximum absolute atomic E-state index is 12.3. The minimum Gasteiger partial charge on any atom is -0.353 e. The number of carbonyl (C=O) groups excluding carboxylic acids is 3. The van der Waals surface area contributed by atoms with Gasteiger partial charge in [0.25, 0.3) is 0 Å². The summed E-state index contributed by atoms with van der Waals surface area (Å²) in [5, 5.41) is 3.03. The van der Waals surface area contributed by atoms with Gasteiger partial charge in [0, 0.05) is 19.0 Å². The van der Waals surface area contributed by atoms with Gasteiger partial charge in [0.05, 0.1) is 11.8 Å². The quantitative estimate of drug-likeness (QED) is 0.797. The van der Waals surface area contributed by atoms with Gasteiger partial charge in [-0.05, 0) is 37.2 Å². The lowest BCUT2D eigenvalue weighted by atomic mass is 9.81. The Morgan fingerprint density at radius 3 is 2.23 bits per heavy atom. The number of nitrogens with one attached hydrogen (secondary N) is 1. The summed E-state index contributed by atoms with van der Waals surface area (Å²) < 4.78 is 0. The molecule has 3 rings (SSSR count). The van der Waals surface area contributed by atoms with Gasteiger partial charge in [0.1, 0.15) is 0 Å². The highest BCUT2D eigenvalue weighted by Gasteiger charge is 2.47. The fraction of sp³-hybridized carbons (Fsp3) is 0.812. The third kappa shape index (κ3) is 3.31. The second-order valence-electron chi connectivity index (χ2n) is 6.53. The molecule has 0 bridgehead atoms. The topological polar surface area (TPSA) is 66.5 Å². The standard InChI is InChI=1S/C16H24N2O3S/c19-14(17-11-6-9-22-10-7-11)5-8-18-15(20)12-3-1-2-4-13(12)16(18)21/h11-13H,1-10H2,(H,17,19). The molecule has 3 aliphatic rings. The molecule has 2 atom stereocenters. The summed E-state index contributed by atoms with van der Waals surface area (Å²) in [5.74, 6) is 1.84. The molecule has 0 spiro atoms. The van der Waals surface area contributed by atoms with E-state index in [9.17, 15) is 14.4 Å². The van der Waals surface area contributed by atoms with Crippen molar-refractivity contribution in [2.75, 3.05) is 18.1 Å². The van der Waals surface area contributed by atoms with Crippen LogP contribution in [0.4, 0.5) is 0 Å². The highest BCUT2D eigenvalue weighted by molar-refractivity contribution is 7.99. The number of thioether (sulfide) groups is 1. The van der Waals surface area contributed by atoms with Gasteiger partial charge >= 0.3 is 0 Å². The molecule has 1 aliphatic carbocycles. The summed E-state index contributed by atoms with van der Waals surface area (Å²) in [4.78, 5) is 38.0. The maximum Gasteiger partial charge on any atom is 0.233 e. The SMILES string of the molecule is O=C(CCN1C(=O)C2CCCCC2C1=O)NC1CCSCC1. The van der Waals surface area contributed by atoms with Gasteiger partial charge in [-0.25, -0.2) is 0 Å². The van der Waals surface area contributed by atoms with Crippen LogP contribution in [0.3, 0.4) is 0 Å². The lowest BCUT2D eigenvalue weighted by Crippen LogP contribution is -2.40. The van der Waals surface area contributed by atoms with Crippen LogP contribution in [0.15, 0.2) is 0 Å². The van der Waals surface area contributed by atoms with E-state index >= 15 is 0 Å². The summed E-state index contributed by atoms with van der Waals surface area (Å²) in [6.45, 7) is 0.248. The lowest BCUT2D eigenvalue weighted by molar-refractivity contribution is -0.140. The van der Waals surface area contributed by atoms with Crippen molar-refractivity contribution in [3.8, 4) is 0 Å². The van der Waals surface area contributed by atoms with Gasteiger partial charge in [-0.15, -0.1) is 0 Å². The summed E-state index contributed by atoms with van der Waals surface area (Å²) >= 11 is 1.92. The number of rotatable bonds is 4. The Morgan fingerprint density at radius 1 is 1.05 bits per heavy atom. The number of hydrogen-bond acceptors (Lipinski definition) is 4. The lowest BCUT2D eigenvalue weighted by Gasteiger charge is -2.23. The predicted octanol–water partition coefficient (Wildman–Crippen LogP) is 1.56. The van der Waals surface area contributed by atoms with E-state index in [1.165, 1.54) is 4.90 Å². The van der Waals surface area contributed by atoms with Crippen molar-refractivity contribution >= 4 is 29.5 Å². The monoisotopic (exact) mass is 324 g/mol. The van der Waals surface area contributed by atoms with Crippen LogP contribution in [-0.4, -0.2) is 46.7 Å². The first-order valence-corrected chi connectivity index (χ1v) is 9.54. The Hall–Kier alpha value is -1.04. The Kier molecular flexibility index (Phi) is 5.06. The minimum absolute atomic E-state index is 0.0348. The fourth-order valence-corrected chi connectivity index (χ4v) is 4.91. The van der Waals surface area contributed by atoms with Gasteiger partial charge in [-0.3, -0.25) is 19.3 Å². The molecule has 122 valence electrons. The first kappa shape index (κ1) is 15.8. The molecule has 5 nitrogen and oxygen atoms in total. The first-order valence-electron chi connectivity index (χ1n) is 8.39. The third-order valence-corrected chi connectivity index (χ3v) is 6.13. The highest BCUT2D eigenvalue weighted by Crippen LogP contribution is 2.37. The van der Waals surface area contributed by atoms with Crippen molar-refractivity contribution in [3.63, 3.8) is 0 Å². The van der Waals surface area contributed by atoms with Crippen molar-refractivity contribution < 1.29 is 14.4 Å². The Balaban J connectivity index is 1.49. The van der Waals surface area contributed by atoms with Gasteiger partial charge in [-0.2, -0.15) is 11.8 Å². The Labute approximate surface area is 135 Å². The summed E-state index contributed by atoms with van der Waals surface area (Å²) in [6, 6.07) is 0.265. The van der Waals surface area contributed by atoms with Crippen molar-refractivity contribution in [2.24, 2.45) is 11.8 Å². The zero-order chi connectivity index (χ0) is 15.5. The number of carbonyl (C=O) groups is 3. The average molecular weight is 324 g/mol. The van der Waals surface area contributed by atoms with E-state index in [1.54, 1.807) is 0 Å². The minimum atomic E-state index is -0.111. The number of nitrogens with zero attached hydrogens (tertiary/aromatic N) is 1. The molecule has 2 unspecified atom stereocenters. The molecule has 3 amide bonds. The number of hydrogen-bond donors (Lipinski definition) is 1. The second kappa shape index (κ2) is 7.02. The van der Waals surface area contributed by atoms with E-state index in [0.29, 0.717) is 0 Å². The molecule has 3 fully saturated rings. The number of likely N-dealkylation sites (tertiary alicyclic amines) is 1.